The van der Waals surface area contributed by atoms with Gasteiger partial charge in [0.25, 0.3) is 0 Å². The number of pyridine rings is 1. The molecule has 0 atom stereocenters. The zero-order valence-electron chi connectivity index (χ0n) is 12.6. The van der Waals surface area contributed by atoms with Gasteiger partial charge in [0.2, 0.25) is 0 Å². The Kier molecular flexibility index (Phi) is 3.26. The van der Waals surface area contributed by atoms with E-state index in [9.17, 15) is 0 Å². The van der Waals surface area contributed by atoms with E-state index >= 15 is 0 Å². The summed E-state index contributed by atoms with van der Waals surface area (Å²) in [7, 11) is 1.68. The number of benzene rings is 1. The fraction of sp³-hybridized carbons (Fsp3) is 0.278. The smallest absolute Gasteiger partial charge is 0.118 e. The number of ether oxygens (including phenoxy) is 1. The molecule has 4 rings (SSSR count). The van der Waals surface area contributed by atoms with Crippen molar-refractivity contribution in [3.63, 3.8) is 0 Å². The lowest BCUT2D eigenvalue weighted by atomic mass is 9.94. The molecule has 0 unspecified atom stereocenters. The lowest BCUT2D eigenvalue weighted by Crippen LogP contribution is -2.08. The molecule has 22 heavy (non-hydrogen) atoms. The van der Waals surface area contributed by atoms with Crippen LogP contribution in [-0.2, 0) is 12.8 Å². The van der Waals surface area contributed by atoms with E-state index < -0.39 is 0 Å². The molecule has 2 heterocycles. The highest BCUT2D eigenvalue weighted by Gasteiger charge is 2.18. The number of aromatic nitrogens is 1. The predicted molar refractivity (Wildman–Crippen MR) is 92.7 cm³/mol. The molecule has 0 saturated carbocycles. The summed E-state index contributed by atoms with van der Waals surface area (Å²) in [5.41, 5.74) is 12.1. The Labute approximate surface area is 133 Å². The Morgan fingerprint density at radius 3 is 2.68 bits per heavy atom. The molecule has 0 aliphatic heterocycles. The third kappa shape index (κ3) is 2.15. The number of fused-ring (bicyclic) bond motifs is 2. The summed E-state index contributed by atoms with van der Waals surface area (Å²) in [6.45, 7) is 0. The minimum absolute atomic E-state index is 0.873. The SMILES string of the molecule is COc1ccc(-c2cc3nc4c(c(N)c3s2)CCCC4)cc1. The fourth-order valence-corrected chi connectivity index (χ4v) is 4.23. The Balaban J connectivity index is 1.84. The van der Waals surface area contributed by atoms with E-state index in [1.807, 2.05) is 12.1 Å². The summed E-state index contributed by atoms with van der Waals surface area (Å²) >= 11 is 1.73. The van der Waals surface area contributed by atoms with Gasteiger partial charge in [0, 0.05) is 10.6 Å². The molecule has 0 bridgehead atoms. The minimum atomic E-state index is 0.873. The van der Waals surface area contributed by atoms with Crippen molar-refractivity contribution >= 4 is 27.2 Å². The van der Waals surface area contributed by atoms with Crippen LogP contribution in [0.15, 0.2) is 30.3 Å². The first-order chi connectivity index (χ1) is 10.8. The van der Waals surface area contributed by atoms with Crippen LogP contribution in [-0.4, -0.2) is 12.1 Å². The van der Waals surface area contributed by atoms with Gasteiger partial charge < -0.3 is 10.5 Å². The highest BCUT2D eigenvalue weighted by molar-refractivity contribution is 7.22. The third-order valence-corrected chi connectivity index (χ3v) is 5.56. The van der Waals surface area contributed by atoms with Gasteiger partial charge in [0.15, 0.2) is 0 Å². The summed E-state index contributed by atoms with van der Waals surface area (Å²) < 4.78 is 6.35. The second-order valence-electron chi connectivity index (χ2n) is 5.71. The van der Waals surface area contributed by atoms with Gasteiger partial charge in [-0.1, -0.05) is 0 Å². The Morgan fingerprint density at radius 2 is 1.91 bits per heavy atom. The molecule has 2 N–H and O–H groups in total. The quantitative estimate of drug-likeness (QED) is 0.761. The molecule has 1 aliphatic rings. The molecule has 3 aromatic rings. The summed E-state index contributed by atoms with van der Waals surface area (Å²) in [6, 6.07) is 10.3. The molecule has 0 saturated heterocycles. The van der Waals surface area contributed by atoms with Gasteiger partial charge >= 0.3 is 0 Å². The number of hydrogen-bond donors (Lipinski definition) is 1. The Morgan fingerprint density at radius 1 is 1.14 bits per heavy atom. The maximum atomic E-state index is 6.43. The molecule has 2 aromatic heterocycles. The number of aryl methyl sites for hydroxylation is 1. The number of hydrogen-bond acceptors (Lipinski definition) is 4. The van der Waals surface area contributed by atoms with E-state index in [0.29, 0.717) is 0 Å². The molecule has 0 amide bonds. The van der Waals surface area contributed by atoms with Crippen LogP contribution in [0.5, 0.6) is 5.75 Å². The summed E-state index contributed by atoms with van der Waals surface area (Å²) in [6.07, 6.45) is 4.57. The molecular weight excluding hydrogens is 292 g/mol. The van der Waals surface area contributed by atoms with Gasteiger partial charge in [-0.2, -0.15) is 0 Å². The number of nitrogens with two attached hydrogens (primary N) is 1. The maximum Gasteiger partial charge on any atom is 0.118 e. The monoisotopic (exact) mass is 310 g/mol. The van der Waals surface area contributed by atoms with Crippen molar-refractivity contribution in [1.82, 2.24) is 4.98 Å². The maximum absolute atomic E-state index is 6.43. The normalized spacial score (nSPS) is 14.0. The molecule has 3 nitrogen and oxygen atoms in total. The average Bonchev–Trinajstić information content (AvgIpc) is 2.99. The van der Waals surface area contributed by atoms with Gasteiger partial charge in [-0.15, -0.1) is 11.3 Å². The van der Waals surface area contributed by atoms with Crippen molar-refractivity contribution in [1.29, 1.82) is 0 Å². The number of thiophene rings is 1. The Hall–Kier alpha value is -2.07. The van der Waals surface area contributed by atoms with E-state index in [-0.39, 0.29) is 0 Å². The third-order valence-electron chi connectivity index (χ3n) is 4.35. The molecular formula is C18H18N2OS. The van der Waals surface area contributed by atoms with Gasteiger partial charge in [0.05, 0.1) is 23.0 Å². The highest BCUT2D eigenvalue weighted by atomic mass is 32.1. The zero-order valence-corrected chi connectivity index (χ0v) is 13.4. The van der Waals surface area contributed by atoms with Gasteiger partial charge in [-0.05, 0) is 67.1 Å². The van der Waals surface area contributed by atoms with Crippen LogP contribution in [0, 0.1) is 0 Å². The summed E-state index contributed by atoms with van der Waals surface area (Å²) in [4.78, 5) is 6.07. The fourth-order valence-electron chi connectivity index (χ4n) is 3.14. The van der Waals surface area contributed by atoms with Crippen LogP contribution in [0.25, 0.3) is 20.7 Å². The number of rotatable bonds is 2. The number of anilines is 1. The number of nitrogen functional groups attached to an aromatic ring is 1. The van der Waals surface area contributed by atoms with Crippen LogP contribution < -0.4 is 10.5 Å². The highest BCUT2D eigenvalue weighted by Crippen LogP contribution is 2.39. The van der Waals surface area contributed by atoms with Crippen LogP contribution in [0.2, 0.25) is 0 Å². The molecule has 112 valence electrons. The molecule has 0 spiro atoms. The van der Waals surface area contributed by atoms with Crippen molar-refractivity contribution in [3.05, 3.63) is 41.6 Å². The van der Waals surface area contributed by atoms with Crippen LogP contribution in [0.1, 0.15) is 24.1 Å². The summed E-state index contributed by atoms with van der Waals surface area (Å²) in [5.74, 6) is 0.873. The summed E-state index contributed by atoms with van der Waals surface area (Å²) in [5, 5.41) is 0. The standard InChI is InChI=1S/C18H18N2OS/c1-21-12-8-6-11(7-9-12)16-10-15-18(22-16)17(19)13-4-2-3-5-14(13)20-15/h6-10H,2-5H2,1H3,(H2,19,20). The van der Waals surface area contributed by atoms with E-state index in [0.717, 1.165) is 34.5 Å². The molecule has 1 aromatic carbocycles. The van der Waals surface area contributed by atoms with Crippen LogP contribution in [0.4, 0.5) is 5.69 Å². The van der Waals surface area contributed by atoms with E-state index in [4.69, 9.17) is 15.5 Å². The number of nitrogens with zero attached hydrogens (tertiary/aromatic N) is 1. The van der Waals surface area contributed by atoms with Gasteiger partial charge in [-0.25, -0.2) is 0 Å². The molecule has 4 heteroatoms. The van der Waals surface area contributed by atoms with Crippen molar-refractivity contribution in [3.8, 4) is 16.2 Å². The second kappa shape index (κ2) is 5.29. The lowest BCUT2D eigenvalue weighted by molar-refractivity contribution is 0.415. The van der Waals surface area contributed by atoms with Crippen LogP contribution >= 0.6 is 11.3 Å². The van der Waals surface area contributed by atoms with E-state index in [2.05, 4.69) is 18.2 Å². The molecule has 0 fully saturated rings. The molecule has 0 radical (unpaired) electrons. The van der Waals surface area contributed by atoms with Crippen LogP contribution in [0.3, 0.4) is 0 Å². The average molecular weight is 310 g/mol. The van der Waals surface area contributed by atoms with Crippen molar-refractivity contribution < 1.29 is 4.74 Å². The van der Waals surface area contributed by atoms with Crippen molar-refractivity contribution in [2.75, 3.05) is 12.8 Å². The zero-order chi connectivity index (χ0) is 15.1. The van der Waals surface area contributed by atoms with Crippen molar-refractivity contribution in [2.24, 2.45) is 0 Å². The van der Waals surface area contributed by atoms with E-state index in [1.165, 1.54) is 34.5 Å². The van der Waals surface area contributed by atoms with Crippen molar-refractivity contribution in [2.45, 2.75) is 25.7 Å². The van der Waals surface area contributed by atoms with E-state index in [1.54, 1.807) is 18.4 Å². The number of methoxy groups -OCH3 is 1. The van der Waals surface area contributed by atoms with Gasteiger partial charge in [0.1, 0.15) is 5.75 Å². The largest absolute Gasteiger partial charge is 0.497 e. The minimum Gasteiger partial charge on any atom is -0.497 e. The first-order valence-electron chi connectivity index (χ1n) is 7.61. The topological polar surface area (TPSA) is 48.1 Å². The first kappa shape index (κ1) is 13.6. The van der Waals surface area contributed by atoms with Gasteiger partial charge in [-0.3, -0.25) is 4.98 Å². The molecule has 1 aliphatic carbocycles. The first-order valence-corrected chi connectivity index (χ1v) is 8.43. The second-order valence-corrected chi connectivity index (χ2v) is 6.76. The predicted octanol–water partition coefficient (Wildman–Crippen LogP) is 4.43. The lowest BCUT2D eigenvalue weighted by Gasteiger charge is -2.16. The Bertz CT molecular complexity index is 836.